The van der Waals surface area contributed by atoms with E-state index in [1.807, 2.05) is 13.8 Å². The van der Waals surface area contributed by atoms with Gasteiger partial charge in [0.05, 0.1) is 23.8 Å². The lowest BCUT2D eigenvalue weighted by Gasteiger charge is -2.24. The maximum absolute atomic E-state index is 12.0. The summed E-state index contributed by atoms with van der Waals surface area (Å²) < 4.78 is 0. The van der Waals surface area contributed by atoms with E-state index in [9.17, 15) is 9.59 Å². The topological polar surface area (TPSA) is 101 Å². The van der Waals surface area contributed by atoms with Gasteiger partial charge in [-0.3, -0.25) is 14.5 Å². The Kier molecular flexibility index (Phi) is 5.79. The largest absolute Gasteiger partial charge is 0.399 e. The molecule has 1 aromatic rings. The van der Waals surface area contributed by atoms with Gasteiger partial charge in [0.25, 0.3) is 0 Å². The first-order valence-corrected chi connectivity index (χ1v) is 6.54. The standard InChI is InChI=1S/C13H19ClN4O2/c1-8(2)18(6-12(16)19)7-13(20)17-11-4-3-9(15)5-10(11)14/h3-5,8H,6-7,15H2,1-2H3,(H2,16,19)(H,17,20). The number of hydrogen-bond donors (Lipinski definition) is 3. The summed E-state index contributed by atoms with van der Waals surface area (Å²) in [6, 6.07) is 4.85. The van der Waals surface area contributed by atoms with Crippen LogP contribution < -0.4 is 16.8 Å². The molecule has 6 nitrogen and oxygen atoms in total. The molecule has 20 heavy (non-hydrogen) atoms. The van der Waals surface area contributed by atoms with Crippen LogP contribution in [0.4, 0.5) is 11.4 Å². The fraction of sp³-hybridized carbons (Fsp3) is 0.385. The molecule has 0 heterocycles. The number of nitrogens with zero attached hydrogens (tertiary/aromatic N) is 1. The zero-order valence-electron chi connectivity index (χ0n) is 11.5. The Labute approximate surface area is 123 Å². The maximum atomic E-state index is 12.0. The monoisotopic (exact) mass is 298 g/mol. The molecule has 0 aliphatic heterocycles. The van der Waals surface area contributed by atoms with Crippen molar-refractivity contribution in [1.82, 2.24) is 4.90 Å². The Morgan fingerprint density at radius 1 is 1.35 bits per heavy atom. The molecule has 1 rings (SSSR count). The van der Waals surface area contributed by atoms with E-state index in [0.29, 0.717) is 16.4 Å². The number of anilines is 2. The van der Waals surface area contributed by atoms with E-state index in [1.54, 1.807) is 23.1 Å². The SMILES string of the molecule is CC(C)N(CC(N)=O)CC(=O)Nc1ccc(N)cc1Cl. The van der Waals surface area contributed by atoms with Gasteiger partial charge in [-0.2, -0.15) is 0 Å². The normalized spacial score (nSPS) is 10.8. The van der Waals surface area contributed by atoms with Gasteiger partial charge in [-0.25, -0.2) is 0 Å². The molecule has 0 aliphatic rings. The van der Waals surface area contributed by atoms with Gasteiger partial charge in [0.1, 0.15) is 0 Å². The lowest BCUT2D eigenvalue weighted by molar-refractivity contribution is -0.121. The second-order valence-corrected chi connectivity index (χ2v) is 5.16. The van der Waals surface area contributed by atoms with Crippen LogP contribution in [0.3, 0.4) is 0 Å². The lowest BCUT2D eigenvalue weighted by atomic mass is 10.2. The average Bonchev–Trinajstić information content (AvgIpc) is 2.31. The van der Waals surface area contributed by atoms with Gasteiger partial charge in [0.2, 0.25) is 11.8 Å². The fourth-order valence-electron chi connectivity index (χ4n) is 1.63. The van der Waals surface area contributed by atoms with Crippen LogP contribution >= 0.6 is 11.6 Å². The van der Waals surface area contributed by atoms with E-state index in [4.69, 9.17) is 23.1 Å². The van der Waals surface area contributed by atoms with Gasteiger partial charge in [0.15, 0.2) is 0 Å². The molecule has 0 unspecified atom stereocenters. The minimum absolute atomic E-state index is 0.0233. The number of primary amides is 1. The number of benzene rings is 1. The second kappa shape index (κ2) is 7.12. The molecule has 2 amide bonds. The average molecular weight is 299 g/mol. The third-order valence-electron chi connectivity index (χ3n) is 2.70. The van der Waals surface area contributed by atoms with Crippen LogP contribution in [0.2, 0.25) is 5.02 Å². The van der Waals surface area contributed by atoms with E-state index in [1.165, 1.54) is 0 Å². The molecule has 0 aliphatic carbocycles. The summed E-state index contributed by atoms with van der Waals surface area (Å²) in [4.78, 5) is 24.6. The predicted molar refractivity (Wildman–Crippen MR) is 80.4 cm³/mol. The molecule has 0 bridgehead atoms. The third kappa shape index (κ3) is 5.07. The Hall–Kier alpha value is -1.79. The number of hydrogen-bond acceptors (Lipinski definition) is 4. The number of nitrogens with one attached hydrogen (secondary N) is 1. The van der Waals surface area contributed by atoms with E-state index in [-0.39, 0.29) is 25.0 Å². The zero-order valence-corrected chi connectivity index (χ0v) is 12.3. The summed E-state index contributed by atoms with van der Waals surface area (Å²) in [7, 11) is 0. The van der Waals surface area contributed by atoms with Gasteiger partial charge in [-0.05, 0) is 32.0 Å². The van der Waals surface area contributed by atoms with Crippen LogP contribution in [0.1, 0.15) is 13.8 Å². The third-order valence-corrected chi connectivity index (χ3v) is 3.02. The van der Waals surface area contributed by atoms with Crippen molar-refractivity contribution in [2.75, 3.05) is 24.1 Å². The minimum Gasteiger partial charge on any atom is -0.399 e. The summed E-state index contributed by atoms with van der Waals surface area (Å²) in [5.41, 5.74) is 11.7. The van der Waals surface area contributed by atoms with Crippen molar-refractivity contribution in [2.24, 2.45) is 5.73 Å². The maximum Gasteiger partial charge on any atom is 0.238 e. The van der Waals surface area contributed by atoms with E-state index in [0.717, 1.165) is 0 Å². The van der Waals surface area contributed by atoms with Crippen LogP contribution in [0.25, 0.3) is 0 Å². The molecular weight excluding hydrogens is 280 g/mol. The molecule has 1 aromatic carbocycles. The first kappa shape index (κ1) is 16.3. The Balaban J connectivity index is 2.68. The molecule has 0 saturated heterocycles. The number of carbonyl (C=O) groups excluding carboxylic acids is 2. The van der Waals surface area contributed by atoms with E-state index >= 15 is 0 Å². The first-order valence-electron chi connectivity index (χ1n) is 6.17. The molecule has 0 aromatic heterocycles. The highest BCUT2D eigenvalue weighted by Crippen LogP contribution is 2.23. The van der Waals surface area contributed by atoms with Crippen molar-refractivity contribution in [2.45, 2.75) is 19.9 Å². The van der Waals surface area contributed by atoms with Crippen molar-refractivity contribution in [3.8, 4) is 0 Å². The molecule has 5 N–H and O–H groups in total. The number of amides is 2. The van der Waals surface area contributed by atoms with Crippen molar-refractivity contribution < 1.29 is 9.59 Å². The Morgan fingerprint density at radius 2 is 2.00 bits per heavy atom. The highest BCUT2D eigenvalue weighted by atomic mass is 35.5. The van der Waals surface area contributed by atoms with Crippen LogP contribution in [0.15, 0.2) is 18.2 Å². The van der Waals surface area contributed by atoms with Gasteiger partial charge >= 0.3 is 0 Å². The fourth-order valence-corrected chi connectivity index (χ4v) is 1.86. The minimum atomic E-state index is -0.475. The summed E-state index contributed by atoms with van der Waals surface area (Å²) in [5.74, 6) is -0.747. The quantitative estimate of drug-likeness (QED) is 0.683. The second-order valence-electron chi connectivity index (χ2n) is 4.75. The van der Waals surface area contributed by atoms with Gasteiger partial charge in [-0.1, -0.05) is 11.6 Å². The van der Waals surface area contributed by atoms with Crippen LogP contribution in [-0.4, -0.2) is 35.8 Å². The van der Waals surface area contributed by atoms with Crippen LogP contribution in [-0.2, 0) is 9.59 Å². The van der Waals surface area contributed by atoms with Crippen molar-refractivity contribution in [3.63, 3.8) is 0 Å². The highest BCUT2D eigenvalue weighted by molar-refractivity contribution is 6.34. The number of nitrogen functional groups attached to an aromatic ring is 1. The number of nitrogens with two attached hydrogens (primary N) is 2. The molecular formula is C13H19ClN4O2. The van der Waals surface area contributed by atoms with Gasteiger partial charge in [0, 0.05) is 11.7 Å². The predicted octanol–water partition coefficient (Wildman–Crippen LogP) is 1.06. The molecule has 0 spiro atoms. The molecule has 0 saturated carbocycles. The summed E-state index contributed by atoms with van der Waals surface area (Å²) >= 11 is 5.97. The van der Waals surface area contributed by atoms with Crippen LogP contribution in [0.5, 0.6) is 0 Å². The molecule has 110 valence electrons. The number of halogens is 1. The first-order chi connectivity index (χ1) is 9.29. The highest BCUT2D eigenvalue weighted by Gasteiger charge is 2.16. The van der Waals surface area contributed by atoms with Crippen molar-refractivity contribution in [1.29, 1.82) is 0 Å². The van der Waals surface area contributed by atoms with E-state index in [2.05, 4.69) is 5.32 Å². The Bertz CT molecular complexity index is 505. The molecule has 0 fully saturated rings. The summed E-state index contributed by atoms with van der Waals surface area (Å²) in [5, 5.41) is 3.04. The van der Waals surface area contributed by atoms with Gasteiger partial charge < -0.3 is 16.8 Å². The lowest BCUT2D eigenvalue weighted by Crippen LogP contribution is -2.43. The summed E-state index contributed by atoms with van der Waals surface area (Å²) in [6.07, 6.45) is 0. The van der Waals surface area contributed by atoms with Crippen molar-refractivity contribution in [3.05, 3.63) is 23.2 Å². The summed E-state index contributed by atoms with van der Waals surface area (Å²) in [6.45, 7) is 3.85. The van der Waals surface area contributed by atoms with Crippen LogP contribution in [0, 0.1) is 0 Å². The van der Waals surface area contributed by atoms with E-state index < -0.39 is 5.91 Å². The molecule has 0 radical (unpaired) electrons. The zero-order chi connectivity index (χ0) is 15.3. The smallest absolute Gasteiger partial charge is 0.238 e. The van der Waals surface area contributed by atoms with Crippen molar-refractivity contribution >= 4 is 34.8 Å². The number of rotatable bonds is 6. The Morgan fingerprint density at radius 3 is 2.50 bits per heavy atom. The molecule has 7 heteroatoms. The van der Waals surface area contributed by atoms with Gasteiger partial charge in [-0.15, -0.1) is 0 Å². The number of carbonyl (C=O) groups is 2. The molecule has 0 atom stereocenters.